The Morgan fingerprint density at radius 2 is 0.781 bits per heavy atom. The highest BCUT2D eigenvalue weighted by molar-refractivity contribution is 6.02. The topological polar surface area (TPSA) is 462 Å². The molecule has 0 radical (unpaired) electrons. The van der Waals surface area contributed by atoms with Crippen molar-refractivity contribution < 1.29 is 57.1 Å². The molecule has 7 aliphatic rings. The molecule has 7 fully saturated rings. The van der Waals surface area contributed by atoms with E-state index < -0.39 is 29.8 Å². The van der Waals surface area contributed by atoms with E-state index in [9.17, 15) is 38.2 Å². The monoisotopic (exact) mass is 1750 g/mol. The molecule has 16 heterocycles. The first-order valence-corrected chi connectivity index (χ1v) is 43.5. The molecular weight excluding hydrogens is 1650 g/mol. The van der Waals surface area contributed by atoms with Crippen molar-refractivity contribution >= 4 is 116 Å². The Kier molecular flexibility index (Phi) is 27.6. The number of alkyl halides is 2. The Bertz CT molecular complexity index is 5580. The van der Waals surface area contributed by atoms with E-state index in [-0.39, 0.29) is 66.1 Å². The highest BCUT2D eigenvalue weighted by atomic mass is 19.1. The van der Waals surface area contributed by atoms with Gasteiger partial charge in [-0.25, -0.2) is 48.7 Å². The van der Waals surface area contributed by atoms with Crippen molar-refractivity contribution in [1.82, 2.24) is 99.6 Å². The van der Waals surface area contributed by atoms with Crippen LogP contribution in [0.2, 0.25) is 0 Å². The summed E-state index contributed by atoms with van der Waals surface area (Å²) in [5.74, 6) is 6.97. The highest BCUT2D eigenvalue weighted by Crippen LogP contribution is 2.44. The Labute approximate surface area is 735 Å². The summed E-state index contributed by atoms with van der Waals surface area (Å²) in [4.78, 5) is 88.2. The Hall–Kier alpha value is -13.0. The number of fused-ring (bicyclic) bond motifs is 4. The van der Waals surface area contributed by atoms with Crippen LogP contribution in [0.3, 0.4) is 0 Å². The van der Waals surface area contributed by atoms with Crippen LogP contribution in [-0.2, 0) is 18.9 Å². The van der Waals surface area contributed by atoms with Gasteiger partial charge in [-0.2, -0.15) is 38.5 Å². The van der Waals surface area contributed by atoms with Crippen LogP contribution in [0.25, 0.3) is 22.6 Å². The zero-order valence-corrected chi connectivity index (χ0v) is 72.2. The first-order valence-electron chi connectivity index (χ1n) is 43.5. The number of amides is 4. The predicted octanol–water partition coefficient (Wildman–Crippen LogP) is 10.5. The van der Waals surface area contributed by atoms with Crippen molar-refractivity contribution in [1.29, 1.82) is 0 Å². The van der Waals surface area contributed by atoms with E-state index in [0.29, 0.717) is 160 Å². The van der Waals surface area contributed by atoms with Gasteiger partial charge in [-0.15, -0.1) is 0 Å². The molecule has 128 heavy (non-hydrogen) atoms. The molecule has 12 aromatic rings. The van der Waals surface area contributed by atoms with E-state index in [0.717, 1.165) is 120 Å². The Morgan fingerprint density at radius 1 is 0.438 bits per heavy atom. The molecule has 40 heteroatoms. The molecule has 4 amide bonds. The van der Waals surface area contributed by atoms with Crippen molar-refractivity contribution in [3.05, 3.63) is 167 Å². The molecule has 4 aliphatic heterocycles. The molecule has 4 saturated heterocycles. The highest BCUT2D eigenvalue weighted by Gasteiger charge is 2.43. The fourth-order valence-electron chi connectivity index (χ4n) is 15.3. The molecule has 0 spiro atoms. The average molecular weight is 1760 g/mol. The normalized spacial score (nSPS) is 20.3. The maximum Gasteiger partial charge on any atom is 0.257 e. The standard InChI is InChI=1S/C23H29N7O3.C23H31N7O3.2C21H24FN7O2/c1-24-20-11-19(28-18-7-4-5-16(27-18)17-6-2-3-10-33-17)29-21-15(12-26-30(20)21)22(32)25-13-23(14-31)8-9-23;1-23(2,14-31)13-25-22(32)16-11-26-30-20(24-3)10-19(29-21(16)30)28-18-8-4-7-17(27-18)15-6-5-9-33-12-15;2*1-23-19-9-18(27-17-6-2-5-15(25-17)12-4-3-7-31-11-12)28-20-13(10-24-29(19)20)21(30)26-16-8-14(16)22/h4-5,7,11-12,17,24,31H,2-3,6,8-10,13-14H2,1H3,(H,25,32)(H,27,28,29);4,7-8,10-11,15,24,31H,5-6,9,12-14H2,1-3H3,(H,25,32)(H,27,28,29);2*2,5-6,9-10,12,14,16,23H,3-4,7-8,11H2,1H3,(H,26,30)(H,25,27,28)/t;15-;12-,14+,16-;12-,14-,16+/m.001/s1. The number of aromatic nitrogens is 16. The number of nitrogens with one attached hydrogen (secondary N) is 12. The van der Waals surface area contributed by atoms with Crippen LogP contribution in [0, 0.1) is 10.8 Å². The number of aliphatic hydroxyl groups excluding tert-OH is 2. The van der Waals surface area contributed by atoms with Gasteiger partial charge in [0.15, 0.2) is 22.6 Å². The average Bonchev–Trinajstić information content (AvgIpc) is 1.59. The second-order valence-electron chi connectivity index (χ2n) is 33.7. The second kappa shape index (κ2) is 39.9. The van der Waals surface area contributed by atoms with Gasteiger partial charge >= 0.3 is 0 Å². The minimum Gasteiger partial charge on any atom is -0.396 e. The number of nitrogens with zero attached hydrogens (tertiary/aromatic N) is 16. The molecule has 1 unspecified atom stereocenters. The van der Waals surface area contributed by atoms with Crippen LogP contribution < -0.4 is 63.8 Å². The van der Waals surface area contributed by atoms with Crippen molar-refractivity contribution in [3.8, 4) is 0 Å². The quantitative estimate of drug-likeness (QED) is 0.0217. The fraction of sp³-hybridized carbons (Fsp3) is 0.455. The van der Waals surface area contributed by atoms with Crippen molar-refractivity contribution in [2.24, 2.45) is 10.8 Å². The zero-order valence-electron chi connectivity index (χ0n) is 72.2. The summed E-state index contributed by atoms with van der Waals surface area (Å²) in [6, 6.07) is 29.7. The van der Waals surface area contributed by atoms with E-state index in [1.165, 1.54) is 24.8 Å². The number of anilines is 12. The summed E-state index contributed by atoms with van der Waals surface area (Å²) < 4.78 is 55.3. The second-order valence-corrected chi connectivity index (χ2v) is 33.7. The lowest BCUT2D eigenvalue weighted by molar-refractivity contribution is 0.0124. The van der Waals surface area contributed by atoms with Crippen LogP contribution >= 0.6 is 0 Å². The lowest BCUT2D eigenvalue weighted by atomic mass is 9.95. The molecule has 12 aromatic heterocycles. The van der Waals surface area contributed by atoms with E-state index in [1.807, 2.05) is 98.8 Å². The van der Waals surface area contributed by atoms with Gasteiger partial charge < -0.3 is 93.0 Å². The first kappa shape index (κ1) is 88.4. The van der Waals surface area contributed by atoms with Gasteiger partial charge in [-0.3, -0.25) is 19.2 Å². The minimum absolute atomic E-state index is 0.0163. The van der Waals surface area contributed by atoms with Crippen molar-refractivity contribution in [3.63, 3.8) is 0 Å². The summed E-state index contributed by atoms with van der Waals surface area (Å²) in [6.45, 7) is 9.81. The van der Waals surface area contributed by atoms with Gasteiger partial charge in [0, 0.05) is 157 Å². The Morgan fingerprint density at radius 3 is 1.09 bits per heavy atom. The number of rotatable bonds is 28. The predicted molar refractivity (Wildman–Crippen MR) is 477 cm³/mol. The largest absolute Gasteiger partial charge is 0.396 e. The van der Waals surface area contributed by atoms with E-state index in [2.05, 4.69) is 104 Å². The van der Waals surface area contributed by atoms with Crippen LogP contribution in [0.5, 0.6) is 0 Å². The van der Waals surface area contributed by atoms with Gasteiger partial charge in [0.2, 0.25) is 0 Å². The minimum atomic E-state index is -0.975. The molecule has 0 bridgehead atoms. The lowest BCUT2D eigenvalue weighted by Crippen LogP contribution is -2.36. The summed E-state index contributed by atoms with van der Waals surface area (Å²) in [6.07, 6.45) is 16.0. The maximum absolute atomic E-state index is 13.2. The third-order valence-corrected chi connectivity index (χ3v) is 23.4. The zero-order chi connectivity index (χ0) is 89.0. The summed E-state index contributed by atoms with van der Waals surface area (Å²) in [5.41, 5.74) is 6.17. The molecule has 14 N–H and O–H groups in total. The fourth-order valence-corrected chi connectivity index (χ4v) is 15.3. The van der Waals surface area contributed by atoms with E-state index in [1.54, 1.807) is 58.4 Å². The molecule has 3 aliphatic carbocycles. The lowest BCUT2D eigenvalue weighted by Gasteiger charge is -2.22. The number of carbonyl (C=O) groups is 4. The molecule has 8 atom stereocenters. The van der Waals surface area contributed by atoms with Crippen molar-refractivity contribution in [2.45, 2.75) is 146 Å². The first-order chi connectivity index (χ1) is 62.2. The van der Waals surface area contributed by atoms with Crippen LogP contribution in [0.15, 0.2) is 122 Å². The van der Waals surface area contributed by atoms with Crippen LogP contribution in [0.4, 0.5) is 78.6 Å². The summed E-state index contributed by atoms with van der Waals surface area (Å²) in [5, 5.41) is 72.6. The smallest absolute Gasteiger partial charge is 0.257 e. The van der Waals surface area contributed by atoms with Gasteiger partial charge in [0.25, 0.3) is 23.6 Å². The number of pyridine rings is 4. The van der Waals surface area contributed by atoms with Gasteiger partial charge in [-0.05, 0) is 119 Å². The SMILES string of the molecule is CNc1cc(Nc2cccc(C3CCCCO3)n2)nc2c(C(=O)NCC3(CO)CC3)cnn12.CNc1cc(Nc2cccc([C@@H]3CCCOC3)n2)nc2c(C(=O)N[C@H]3C[C@H]3F)cnn12.CNc1cc(Nc2cccc([C@H]3CCCOC3)n2)nc2c(C(=O)NCC(C)(C)CO)cnn12.CNc1cc(Nc2cccc([C@H]3CCCOC3)n2)nc2c(C(=O)N[C@H]3C[C@H]3F)cnn12. The van der Waals surface area contributed by atoms with Crippen LogP contribution in [0.1, 0.15) is 185 Å². The third kappa shape index (κ3) is 21.3. The number of ether oxygens (including phenoxy) is 4. The van der Waals surface area contributed by atoms with Gasteiger partial charge in [-0.1, -0.05) is 38.1 Å². The number of hydrogen-bond acceptors (Lipinski definition) is 30. The third-order valence-electron chi connectivity index (χ3n) is 23.4. The van der Waals surface area contributed by atoms with Crippen molar-refractivity contribution in [2.75, 3.05) is 143 Å². The van der Waals surface area contributed by atoms with Gasteiger partial charge in [0.05, 0.1) is 75.1 Å². The molecule has 674 valence electrons. The van der Waals surface area contributed by atoms with E-state index >= 15 is 0 Å². The van der Waals surface area contributed by atoms with E-state index in [4.69, 9.17) is 38.9 Å². The number of halogens is 2. The number of hydrogen-bond donors (Lipinski definition) is 14. The summed E-state index contributed by atoms with van der Waals surface area (Å²) >= 11 is 0. The molecule has 38 nitrogen and oxygen atoms in total. The molecule has 19 rings (SSSR count). The number of aliphatic hydroxyl groups is 2. The summed E-state index contributed by atoms with van der Waals surface area (Å²) in [7, 11) is 7.10. The number of carbonyl (C=O) groups excluding carboxylic acids is 4. The van der Waals surface area contributed by atoms with Crippen LogP contribution in [-0.4, -0.2) is 237 Å². The molecular formula is C88H108F2N28O10. The Balaban J connectivity index is 0.000000125. The molecule has 0 aromatic carbocycles. The molecule has 3 saturated carbocycles. The van der Waals surface area contributed by atoms with Gasteiger partial charge in [0.1, 0.15) is 104 Å². The maximum atomic E-state index is 13.2.